The maximum Gasteiger partial charge on any atom is 0.275 e. The summed E-state index contributed by atoms with van der Waals surface area (Å²) in [5.41, 5.74) is 0.190. The third kappa shape index (κ3) is 2.92. The maximum absolute atomic E-state index is 10.6. The van der Waals surface area contributed by atoms with Crippen LogP contribution in [0.4, 0.5) is 5.69 Å². The molecule has 0 radical (unpaired) electrons. The lowest BCUT2D eigenvalue weighted by atomic mass is 10.2. The van der Waals surface area contributed by atoms with Crippen LogP contribution in [-0.2, 0) is 6.61 Å². The van der Waals surface area contributed by atoms with Gasteiger partial charge in [-0.05, 0) is 18.6 Å². The lowest BCUT2D eigenvalue weighted by molar-refractivity contribution is -0.385. The van der Waals surface area contributed by atoms with E-state index in [1.54, 1.807) is 0 Å². The smallest absolute Gasteiger partial charge is 0.275 e. The van der Waals surface area contributed by atoms with E-state index in [0.29, 0.717) is 12.4 Å². The van der Waals surface area contributed by atoms with Crippen molar-refractivity contribution in [3.63, 3.8) is 0 Å². The predicted molar refractivity (Wildman–Crippen MR) is 54.8 cm³/mol. The number of nitro groups is 1. The van der Waals surface area contributed by atoms with E-state index >= 15 is 0 Å². The van der Waals surface area contributed by atoms with Crippen molar-refractivity contribution in [3.05, 3.63) is 33.9 Å². The number of ether oxygens (including phenoxy) is 1. The van der Waals surface area contributed by atoms with E-state index in [-0.39, 0.29) is 17.9 Å². The van der Waals surface area contributed by atoms with Crippen molar-refractivity contribution in [2.75, 3.05) is 6.61 Å². The number of aliphatic hydroxyl groups is 1. The largest absolute Gasteiger partial charge is 0.494 e. The van der Waals surface area contributed by atoms with E-state index in [9.17, 15) is 10.1 Å². The summed E-state index contributed by atoms with van der Waals surface area (Å²) in [5, 5.41) is 19.5. The molecule has 82 valence electrons. The average Bonchev–Trinajstić information content (AvgIpc) is 2.25. The van der Waals surface area contributed by atoms with Gasteiger partial charge in [-0.1, -0.05) is 6.92 Å². The molecule has 0 heterocycles. The topological polar surface area (TPSA) is 72.6 Å². The molecule has 0 aliphatic rings. The van der Waals surface area contributed by atoms with E-state index in [1.165, 1.54) is 18.2 Å². The molecule has 0 amide bonds. The standard InChI is InChI=1S/C10H13NO4/c1-2-5-15-9-3-4-10(11(13)14)8(6-9)7-12/h3-4,6,12H,2,5,7H2,1H3. The quantitative estimate of drug-likeness (QED) is 0.596. The van der Waals surface area contributed by atoms with E-state index in [4.69, 9.17) is 9.84 Å². The van der Waals surface area contributed by atoms with Crippen molar-refractivity contribution >= 4 is 5.69 Å². The summed E-state index contributed by atoms with van der Waals surface area (Å²) in [7, 11) is 0. The fraction of sp³-hybridized carbons (Fsp3) is 0.400. The molecule has 1 rings (SSSR count). The molecule has 0 spiro atoms. The van der Waals surface area contributed by atoms with Crippen LogP contribution in [0.15, 0.2) is 18.2 Å². The second kappa shape index (κ2) is 5.31. The Bertz CT molecular complexity index is 351. The van der Waals surface area contributed by atoms with Crippen molar-refractivity contribution in [3.8, 4) is 5.75 Å². The Balaban J connectivity index is 2.92. The van der Waals surface area contributed by atoms with Crippen LogP contribution in [0.25, 0.3) is 0 Å². The van der Waals surface area contributed by atoms with Gasteiger partial charge in [-0.3, -0.25) is 10.1 Å². The lowest BCUT2D eigenvalue weighted by Crippen LogP contribution is -1.99. The van der Waals surface area contributed by atoms with Gasteiger partial charge in [-0.2, -0.15) is 0 Å². The summed E-state index contributed by atoms with van der Waals surface area (Å²) in [5.74, 6) is 0.548. The summed E-state index contributed by atoms with van der Waals surface area (Å²) in [6.45, 7) is 2.17. The Labute approximate surface area is 87.5 Å². The fourth-order valence-electron chi connectivity index (χ4n) is 1.18. The van der Waals surface area contributed by atoms with Gasteiger partial charge in [0.05, 0.1) is 23.7 Å². The minimum Gasteiger partial charge on any atom is -0.494 e. The SMILES string of the molecule is CCCOc1ccc([N+](=O)[O-])c(CO)c1. The van der Waals surface area contributed by atoms with E-state index < -0.39 is 4.92 Å². The molecule has 5 nitrogen and oxygen atoms in total. The number of nitro benzene ring substituents is 1. The predicted octanol–water partition coefficient (Wildman–Crippen LogP) is 1.88. The Hall–Kier alpha value is -1.62. The van der Waals surface area contributed by atoms with Gasteiger partial charge in [0.2, 0.25) is 0 Å². The van der Waals surface area contributed by atoms with Gasteiger partial charge in [-0.15, -0.1) is 0 Å². The zero-order valence-corrected chi connectivity index (χ0v) is 8.47. The van der Waals surface area contributed by atoms with E-state index in [1.807, 2.05) is 6.92 Å². The molecule has 1 aromatic carbocycles. The first-order valence-corrected chi connectivity index (χ1v) is 4.70. The highest BCUT2D eigenvalue weighted by atomic mass is 16.6. The summed E-state index contributed by atoms with van der Waals surface area (Å²) >= 11 is 0. The van der Waals surface area contributed by atoms with Crippen LogP contribution in [0, 0.1) is 10.1 Å². The first-order valence-electron chi connectivity index (χ1n) is 4.70. The van der Waals surface area contributed by atoms with Gasteiger partial charge in [0.15, 0.2) is 0 Å². The molecule has 0 fully saturated rings. The molecule has 0 aromatic heterocycles. The van der Waals surface area contributed by atoms with Crippen LogP contribution in [0.1, 0.15) is 18.9 Å². The third-order valence-corrected chi connectivity index (χ3v) is 1.89. The van der Waals surface area contributed by atoms with Gasteiger partial charge in [0.25, 0.3) is 5.69 Å². The zero-order valence-electron chi connectivity index (χ0n) is 8.47. The van der Waals surface area contributed by atoms with Gasteiger partial charge in [0, 0.05) is 6.07 Å². The van der Waals surface area contributed by atoms with Gasteiger partial charge in [0.1, 0.15) is 5.75 Å². The number of benzene rings is 1. The van der Waals surface area contributed by atoms with Crippen molar-refractivity contribution in [2.45, 2.75) is 20.0 Å². The molecule has 0 saturated carbocycles. The fourth-order valence-corrected chi connectivity index (χ4v) is 1.18. The highest BCUT2D eigenvalue weighted by Crippen LogP contribution is 2.24. The van der Waals surface area contributed by atoms with Crippen molar-refractivity contribution in [2.24, 2.45) is 0 Å². The average molecular weight is 211 g/mol. The first kappa shape index (κ1) is 11.5. The van der Waals surface area contributed by atoms with Crippen molar-refractivity contribution in [1.29, 1.82) is 0 Å². The Kier molecular flexibility index (Phi) is 4.05. The zero-order chi connectivity index (χ0) is 11.3. The van der Waals surface area contributed by atoms with Crippen LogP contribution in [0.3, 0.4) is 0 Å². The number of hydrogen-bond donors (Lipinski definition) is 1. The Morgan fingerprint density at radius 1 is 1.53 bits per heavy atom. The molecule has 0 aliphatic heterocycles. The molecule has 5 heteroatoms. The Morgan fingerprint density at radius 2 is 2.27 bits per heavy atom. The molecule has 1 aromatic rings. The second-order valence-electron chi connectivity index (χ2n) is 3.05. The molecular formula is C10H13NO4. The van der Waals surface area contributed by atoms with Crippen molar-refractivity contribution in [1.82, 2.24) is 0 Å². The van der Waals surface area contributed by atoms with Crippen LogP contribution in [0.5, 0.6) is 5.75 Å². The van der Waals surface area contributed by atoms with Gasteiger partial charge >= 0.3 is 0 Å². The summed E-state index contributed by atoms with van der Waals surface area (Å²) in [6, 6.07) is 4.37. The van der Waals surface area contributed by atoms with Crippen LogP contribution < -0.4 is 4.74 Å². The summed E-state index contributed by atoms with van der Waals surface area (Å²) in [4.78, 5) is 10.0. The third-order valence-electron chi connectivity index (χ3n) is 1.89. The molecular weight excluding hydrogens is 198 g/mol. The van der Waals surface area contributed by atoms with Crippen LogP contribution in [-0.4, -0.2) is 16.6 Å². The van der Waals surface area contributed by atoms with Gasteiger partial charge < -0.3 is 9.84 Å². The maximum atomic E-state index is 10.6. The second-order valence-corrected chi connectivity index (χ2v) is 3.05. The lowest BCUT2D eigenvalue weighted by Gasteiger charge is -2.06. The van der Waals surface area contributed by atoms with Gasteiger partial charge in [-0.25, -0.2) is 0 Å². The van der Waals surface area contributed by atoms with E-state index in [2.05, 4.69) is 0 Å². The molecule has 15 heavy (non-hydrogen) atoms. The molecule has 0 unspecified atom stereocenters. The first-order chi connectivity index (χ1) is 7.19. The highest BCUT2D eigenvalue weighted by Gasteiger charge is 2.13. The number of nitrogens with zero attached hydrogens (tertiary/aromatic N) is 1. The molecule has 0 saturated heterocycles. The molecule has 0 aliphatic carbocycles. The molecule has 0 bridgehead atoms. The molecule has 0 atom stereocenters. The normalized spacial score (nSPS) is 10.0. The van der Waals surface area contributed by atoms with E-state index in [0.717, 1.165) is 6.42 Å². The summed E-state index contributed by atoms with van der Waals surface area (Å²) < 4.78 is 5.30. The molecule has 1 N–H and O–H groups in total. The minimum absolute atomic E-state index is 0.0821. The van der Waals surface area contributed by atoms with Crippen molar-refractivity contribution < 1.29 is 14.8 Å². The minimum atomic E-state index is -0.519. The summed E-state index contributed by atoms with van der Waals surface area (Å²) in [6.07, 6.45) is 0.867. The monoisotopic (exact) mass is 211 g/mol. The Morgan fingerprint density at radius 3 is 2.80 bits per heavy atom. The number of hydrogen-bond acceptors (Lipinski definition) is 4. The number of rotatable bonds is 5. The number of aliphatic hydroxyl groups excluding tert-OH is 1. The highest BCUT2D eigenvalue weighted by molar-refractivity contribution is 5.44. The van der Waals surface area contributed by atoms with Crippen LogP contribution in [0.2, 0.25) is 0 Å². The van der Waals surface area contributed by atoms with Crippen LogP contribution >= 0.6 is 0 Å².